The van der Waals surface area contributed by atoms with Crippen LogP contribution >= 0.6 is 11.6 Å². The zero-order valence-corrected chi connectivity index (χ0v) is 16.3. The molecule has 148 valence electrons. The number of carbonyl (C=O) groups is 3. The number of hydrogen-bond donors (Lipinski definition) is 2. The van der Waals surface area contributed by atoms with Crippen LogP contribution in [0, 0.1) is 6.92 Å². The molecule has 7 nitrogen and oxygen atoms in total. The predicted octanol–water partition coefficient (Wildman–Crippen LogP) is 2.39. The van der Waals surface area contributed by atoms with E-state index in [2.05, 4.69) is 10.9 Å². The third-order valence-electron chi connectivity index (χ3n) is 4.92. The Bertz CT molecular complexity index is 1040. The van der Waals surface area contributed by atoms with Gasteiger partial charge in [-0.05, 0) is 36.3 Å². The van der Waals surface area contributed by atoms with E-state index in [0.29, 0.717) is 10.7 Å². The van der Waals surface area contributed by atoms with Gasteiger partial charge < -0.3 is 10.2 Å². The summed E-state index contributed by atoms with van der Waals surface area (Å²) in [6, 6.07) is 14.2. The van der Waals surface area contributed by atoms with Gasteiger partial charge in [0, 0.05) is 5.02 Å². The molecule has 1 atom stereocenters. The molecule has 1 spiro atoms. The van der Waals surface area contributed by atoms with Crippen molar-refractivity contribution in [2.24, 2.45) is 0 Å². The summed E-state index contributed by atoms with van der Waals surface area (Å²) in [4.78, 5) is 39.1. The number of halogens is 1. The molecule has 8 heteroatoms. The quantitative estimate of drug-likeness (QED) is 0.593. The second-order valence-electron chi connectivity index (χ2n) is 6.99. The first-order valence-electron chi connectivity index (χ1n) is 9.00. The normalized spacial score (nSPS) is 20.8. The van der Waals surface area contributed by atoms with Crippen LogP contribution in [0.3, 0.4) is 0 Å². The van der Waals surface area contributed by atoms with Crippen LogP contribution < -0.4 is 15.8 Å². The molecule has 2 aliphatic rings. The number of nitrogens with one attached hydrogen (secondary N) is 2. The fourth-order valence-corrected chi connectivity index (χ4v) is 3.48. The Morgan fingerprint density at radius 3 is 2.69 bits per heavy atom. The highest BCUT2D eigenvalue weighted by Crippen LogP contribution is 2.34. The Labute approximate surface area is 172 Å². The first-order chi connectivity index (χ1) is 13.9. The Hall–Kier alpha value is -3.16. The SMILES string of the molecule is Cc1ccc(N2C(=O)C[C@]3(C=C(C(=O)OCc4ccccc4)NN3)C2=O)cc1Cl. The number of esters is 1. The molecule has 1 saturated heterocycles. The third kappa shape index (κ3) is 3.50. The van der Waals surface area contributed by atoms with Crippen LogP contribution in [0.4, 0.5) is 5.69 Å². The summed E-state index contributed by atoms with van der Waals surface area (Å²) >= 11 is 6.14. The topological polar surface area (TPSA) is 87.7 Å². The average Bonchev–Trinajstić information content (AvgIpc) is 3.24. The number of anilines is 1. The van der Waals surface area contributed by atoms with Crippen molar-refractivity contribution in [3.05, 3.63) is 76.5 Å². The second kappa shape index (κ2) is 7.35. The predicted molar refractivity (Wildman–Crippen MR) is 107 cm³/mol. The molecule has 2 aliphatic heterocycles. The van der Waals surface area contributed by atoms with E-state index in [0.717, 1.165) is 16.0 Å². The number of rotatable bonds is 4. The Kier molecular flexibility index (Phi) is 4.86. The number of nitrogens with zero attached hydrogens (tertiary/aromatic N) is 1. The highest BCUT2D eigenvalue weighted by molar-refractivity contribution is 6.32. The Balaban J connectivity index is 1.52. The summed E-state index contributed by atoms with van der Waals surface area (Å²) in [6.07, 6.45) is 1.29. The maximum absolute atomic E-state index is 13.0. The number of amides is 2. The highest BCUT2D eigenvalue weighted by Gasteiger charge is 2.54. The molecule has 0 saturated carbocycles. The van der Waals surface area contributed by atoms with E-state index in [1.54, 1.807) is 18.2 Å². The van der Waals surface area contributed by atoms with Crippen molar-refractivity contribution in [1.29, 1.82) is 0 Å². The van der Waals surface area contributed by atoms with Crippen molar-refractivity contribution < 1.29 is 19.1 Å². The number of hydrazine groups is 1. The van der Waals surface area contributed by atoms with Crippen molar-refractivity contribution in [2.45, 2.75) is 25.5 Å². The third-order valence-corrected chi connectivity index (χ3v) is 5.33. The molecule has 2 N–H and O–H groups in total. The fourth-order valence-electron chi connectivity index (χ4n) is 3.31. The highest BCUT2D eigenvalue weighted by atomic mass is 35.5. The molecular formula is C21H18ClN3O4. The van der Waals surface area contributed by atoms with Gasteiger partial charge in [0.05, 0.1) is 12.1 Å². The number of benzene rings is 2. The number of aryl methyl sites for hydroxylation is 1. The van der Waals surface area contributed by atoms with Crippen molar-refractivity contribution in [3.63, 3.8) is 0 Å². The molecule has 4 rings (SSSR count). The maximum Gasteiger partial charge on any atom is 0.355 e. The van der Waals surface area contributed by atoms with Crippen LogP contribution in [-0.4, -0.2) is 23.3 Å². The molecule has 0 unspecified atom stereocenters. The molecule has 2 amide bonds. The minimum atomic E-state index is -1.34. The van der Waals surface area contributed by atoms with E-state index in [1.165, 1.54) is 6.08 Å². The summed E-state index contributed by atoms with van der Waals surface area (Å²) in [5.74, 6) is -1.49. The monoisotopic (exact) mass is 411 g/mol. The van der Waals surface area contributed by atoms with E-state index < -0.39 is 17.4 Å². The van der Waals surface area contributed by atoms with Crippen molar-refractivity contribution in [1.82, 2.24) is 10.9 Å². The zero-order chi connectivity index (χ0) is 20.6. The summed E-state index contributed by atoms with van der Waals surface area (Å²) in [7, 11) is 0. The van der Waals surface area contributed by atoms with Crippen LogP contribution in [0.2, 0.25) is 5.02 Å². The van der Waals surface area contributed by atoms with Gasteiger partial charge in [0.15, 0.2) is 0 Å². The molecule has 0 radical (unpaired) electrons. The molecular weight excluding hydrogens is 394 g/mol. The Morgan fingerprint density at radius 2 is 1.97 bits per heavy atom. The van der Waals surface area contributed by atoms with Crippen LogP contribution in [0.5, 0.6) is 0 Å². The molecule has 0 aromatic heterocycles. The zero-order valence-electron chi connectivity index (χ0n) is 15.6. The molecule has 2 aromatic rings. The van der Waals surface area contributed by atoms with Gasteiger partial charge in [0.1, 0.15) is 17.8 Å². The summed E-state index contributed by atoms with van der Waals surface area (Å²) < 4.78 is 5.28. The fraction of sp³-hybridized carbons (Fsp3) is 0.190. The van der Waals surface area contributed by atoms with Gasteiger partial charge >= 0.3 is 5.97 Å². The van der Waals surface area contributed by atoms with Gasteiger partial charge in [0.25, 0.3) is 5.91 Å². The van der Waals surface area contributed by atoms with Gasteiger partial charge in [-0.1, -0.05) is 48.0 Å². The number of hydrogen-bond acceptors (Lipinski definition) is 6. The largest absolute Gasteiger partial charge is 0.456 e. The van der Waals surface area contributed by atoms with Crippen molar-refractivity contribution in [2.75, 3.05) is 4.90 Å². The molecule has 29 heavy (non-hydrogen) atoms. The lowest BCUT2D eigenvalue weighted by atomic mass is 9.98. The average molecular weight is 412 g/mol. The van der Waals surface area contributed by atoms with Crippen LogP contribution in [0.1, 0.15) is 17.5 Å². The molecule has 1 fully saturated rings. The van der Waals surface area contributed by atoms with Gasteiger partial charge in [-0.15, -0.1) is 0 Å². The van der Waals surface area contributed by atoms with Crippen LogP contribution in [0.25, 0.3) is 0 Å². The van der Waals surface area contributed by atoms with E-state index in [1.807, 2.05) is 37.3 Å². The lowest BCUT2D eigenvalue weighted by molar-refractivity contribution is -0.140. The van der Waals surface area contributed by atoms with Gasteiger partial charge in [0.2, 0.25) is 5.91 Å². The number of carbonyl (C=O) groups excluding carboxylic acids is 3. The first kappa shape index (κ1) is 19.2. The van der Waals surface area contributed by atoms with E-state index in [4.69, 9.17) is 16.3 Å². The summed E-state index contributed by atoms with van der Waals surface area (Å²) in [6.45, 7) is 1.94. The lowest BCUT2D eigenvalue weighted by Crippen LogP contribution is -2.51. The van der Waals surface area contributed by atoms with E-state index >= 15 is 0 Å². The first-order valence-corrected chi connectivity index (χ1v) is 9.38. The van der Waals surface area contributed by atoms with Crippen LogP contribution in [-0.2, 0) is 25.7 Å². The summed E-state index contributed by atoms with van der Waals surface area (Å²) in [5, 5.41) is 0.460. The summed E-state index contributed by atoms with van der Waals surface area (Å²) in [5.41, 5.74) is 6.29. The minimum absolute atomic E-state index is 0.0888. The minimum Gasteiger partial charge on any atom is -0.456 e. The van der Waals surface area contributed by atoms with Crippen molar-refractivity contribution >= 4 is 35.1 Å². The Morgan fingerprint density at radius 1 is 1.21 bits per heavy atom. The number of ether oxygens (including phenoxy) is 1. The molecule has 2 aromatic carbocycles. The van der Waals surface area contributed by atoms with Gasteiger partial charge in [-0.2, -0.15) is 0 Å². The standard InChI is InChI=1S/C21H18ClN3O4/c1-13-7-8-15(9-16(13)22)25-18(26)11-21(20(25)28)10-17(23-24-21)19(27)29-12-14-5-3-2-4-6-14/h2-10,23-24H,11-12H2,1H3/t21-/m1/s1. The lowest BCUT2D eigenvalue weighted by Gasteiger charge is -2.20. The van der Waals surface area contributed by atoms with Gasteiger partial charge in [-0.25, -0.2) is 15.1 Å². The second-order valence-corrected chi connectivity index (χ2v) is 7.39. The van der Waals surface area contributed by atoms with Crippen molar-refractivity contribution in [3.8, 4) is 0 Å². The maximum atomic E-state index is 13.0. The van der Waals surface area contributed by atoms with E-state index in [9.17, 15) is 14.4 Å². The molecule has 0 aliphatic carbocycles. The smallest absolute Gasteiger partial charge is 0.355 e. The van der Waals surface area contributed by atoms with Gasteiger partial charge in [-0.3, -0.25) is 9.59 Å². The molecule has 2 heterocycles. The van der Waals surface area contributed by atoms with Crippen LogP contribution in [0.15, 0.2) is 60.3 Å². The van der Waals surface area contributed by atoms with E-state index in [-0.39, 0.29) is 24.6 Å². The number of imide groups is 1. The molecule has 0 bridgehead atoms.